The summed E-state index contributed by atoms with van der Waals surface area (Å²) in [5, 5.41) is 10.4. The molecule has 0 unspecified atom stereocenters. The van der Waals surface area contributed by atoms with Crippen LogP contribution in [-0.4, -0.2) is 30.1 Å². The van der Waals surface area contributed by atoms with Crippen molar-refractivity contribution in [3.8, 4) is 0 Å². The zero-order valence-corrected chi connectivity index (χ0v) is 10.5. The first-order chi connectivity index (χ1) is 8.72. The van der Waals surface area contributed by atoms with Crippen molar-refractivity contribution >= 4 is 0 Å². The molecule has 6 heteroatoms. The Morgan fingerprint density at radius 1 is 1.21 bits per heavy atom. The molecule has 2 rings (SSSR count). The number of hydrogen-bond donors (Lipinski definition) is 1. The second kappa shape index (κ2) is 4.76. The molecule has 0 aromatic heterocycles. The highest BCUT2D eigenvalue weighted by Gasteiger charge is 2.38. The van der Waals surface area contributed by atoms with E-state index in [2.05, 4.69) is 0 Å². The third kappa shape index (κ3) is 2.90. The van der Waals surface area contributed by atoms with E-state index < -0.39 is 23.2 Å². The number of halogens is 4. The third-order valence-corrected chi connectivity index (χ3v) is 3.62. The molecule has 1 aromatic carbocycles. The van der Waals surface area contributed by atoms with E-state index in [-0.39, 0.29) is 5.56 Å². The Hall–Kier alpha value is -1.14. The molecule has 0 aliphatic carbocycles. The lowest BCUT2D eigenvalue weighted by molar-refractivity contribution is -0.140. The SMILES string of the molecule is CN1CCC(O)(c2ccc(F)c(C(F)(F)F)c2)CC1. The summed E-state index contributed by atoms with van der Waals surface area (Å²) in [7, 11) is 1.88. The third-order valence-electron chi connectivity index (χ3n) is 3.62. The van der Waals surface area contributed by atoms with Crippen molar-refractivity contribution in [1.82, 2.24) is 4.90 Å². The topological polar surface area (TPSA) is 23.5 Å². The van der Waals surface area contributed by atoms with Gasteiger partial charge < -0.3 is 10.0 Å². The standard InChI is InChI=1S/C13H15F4NO/c1-18-6-4-12(19,5-7-18)9-2-3-11(14)10(8-9)13(15,16)17/h2-3,8,19H,4-7H2,1H3. The number of piperidine rings is 1. The Labute approximate surface area is 108 Å². The van der Waals surface area contributed by atoms with Crippen molar-refractivity contribution in [2.75, 3.05) is 20.1 Å². The van der Waals surface area contributed by atoms with Crippen molar-refractivity contribution in [2.45, 2.75) is 24.6 Å². The van der Waals surface area contributed by atoms with Crippen molar-refractivity contribution in [1.29, 1.82) is 0 Å². The summed E-state index contributed by atoms with van der Waals surface area (Å²) in [6, 6.07) is 2.73. The molecule has 1 aliphatic heterocycles. The maximum Gasteiger partial charge on any atom is 0.419 e. The minimum Gasteiger partial charge on any atom is -0.385 e. The molecule has 0 saturated carbocycles. The minimum atomic E-state index is -4.75. The van der Waals surface area contributed by atoms with E-state index in [1.807, 2.05) is 11.9 Å². The second-order valence-electron chi connectivity index (χ2n) is 5.03. The quantitative estimate of drug-likeness (QED) is 0.798. The van der Waals surface area contributed by atoms with Crippen LogP contribution in [0.25, 0.3) is 0 Å². The Morgan fingerprint density at radius 3 is 2.32 bits per heavy atom. The van der Waals surface area contributed by atoms with Gasteiger partial charge in [-0.3, -0.25) is 0 Å². The van der Waals surface area contributed by atoms with Gasteiger partial charge in [-0.15, -0.1) is 0 Å². The lowest BCUT2D eigenvalue weighted by Crippen LogP contribution is -2.40. The molecule has 1 N–H and O–H groups in total. The Balaban J connectivity index is 2.36. The fraction of sp³-hybridized carbons (Fsp3) is 0.538. The molecule has 0 radical (unpaired) electrons. The average Bonchev–Trinajstić information content (AvgIpc) is 2.32. The van der Waals surface area contributed by atoms with E-state index in [9.17, 15) is 22.7 Å². The summed E-state index contributed by atoms with van der Waals surface area (Å²) < 4.78 is 51.2. The van der Waals surface area contributed by atoms with Crippen molar-refractivity contribution < 1.29 is 22.7 Å². The van der Waals surface area contributed by atoms with Gasteiger partial charge in [-0.05, 0) is 37.6 Å². The maximum absolute atomic E-state index is 13.2. The van der Waals surface area contributed by atoms with Gasteiger partial charge in [0.15, 0.2) is 0 Å². The maximum atomic E-state index is 13.2. The number of likely N-dealkylation sites (tertiary alicyclic amines) is 1. The van der Waals surface area contributed by atoms with Gasteiger partial charge in [0.05, 0.1) is 11.2 Å². The molecule has 0 spiro atoms. The van der Waals surface area contributed by atoms with Crippen LogP contribution in [0.4, 0.5) is 17.6 Å². The number of hydrogen-bond acceptors (Lipinski definition) is 2. The lowest BCUT2D eigenvalue weighted by atomic mass is 9.84. The molecule has 1 aromatic rings. The number of aliphatic hydroxyl groups is 1. The summed E-state index contributed by atoms with van der Waals surface area (Å²) in [4.78, 5) is 1.99. The van der Waals surface area contributed by atoms with Crippen LogP contribution < -0.4 is 0 Å². The molecule has 1 fully saturated rings. The predicted molar refractivity (Wildman–Crippen MR) is 62.0 cm³/mol. The Morgan fingerprint density at radius 2 is 1.79 bits per heavy atom. The summed E-state index contributed by atoms with van der Waals surface area (Å²) in [6.07, 6.45) is -4.07. The van der Waals surface area contributed by atoms with Gasteiger partial charge in [0.1, 0.15) is 5.82 Å². The molecule has 1 heterocycles. The summed E-state index contributed by atoms with van der Waals surface area (Å²) in [5.74, 6) is -1.31. The van der Waals surface area contributed by atoms with Crippen LogP contribution in [0.3, 0.4) is 0 Å². The summed E-state index contributed by atoms with van der Waals surface area (Å²) in [6.45, 7) is 1.18. The minimum absolute atomic E-state index is 0.134. The zero-order chi connectivity index (χ0) is 14.3. The zero-order valence-electron chi connectivity index (χ0n) is 10.5. The van der Waals surface area contributed by atoms with E-state index in [0.717, 1.165) is 12.1 Å². The molecule has 106 valence electrons. The van der Waals surface area contributed by atoms with Gasteiger partial charge in [-0.2, -0.15) is 13.2 Å². The van der Waals surface area contributed by atoms with Crippen LogP contribution in [0.2, 0.25) is 0 Å². The van der Waals surface area contributed by atoms with Crippen LogP contribution >= 0.6 is 0 Å². The van der Waals surface area contributed by atoms with Crippen LogP contribution in [0.5, 0.6) is 0 Å². The highest BCUT2D eigenvalue weighted by Crippen LogP contribution is 2.37. The van der Waals surface area contributed by atoms with E-state index in [4.69, 9.17) is 0 Å². The monoisotopic (exact) mass is 277 g/mol. The van der Waals surface area contributed by atoms with Crippen LogP contribution in [-0.2, 0) is 11.8 Å². The van der Waals surface area contributed by atoms with Gasteiger partial charge >= 0.3 is 6.18 Å². The average molecular weight is 277 g/mol. The van der Waals surface area contributed by atoms with E-state index >= 15 is 0 Å². The van der Waals surface area contributed by atoms with E-state index in [1.165, 1.54) is 6.07 Å². The molecule has 0 bridgehead atoms. The predicted octanol–water partition coefficient (Wildman–Crippen LogP) is 2.76. The molecule has 2 nitrogen and oxygen atoms in total. The molecule has 1 aliphatic rings. The van der Waals surface area contributed by atoms with Crippen LogP contribution in [0.15, 0.2) is 18.2 Å². The summed E-state index contributed by atoms with van der Waals surface area (Å²) >= 11 is 0. The van der Waals surface area contributed by atoms with E-state index in [0.29, 0.717) is 25.9 Å². The highest BCUT2D eigenvalue weighted by molar-refractivity contribution is 5.31. The van der Waals surface area contributed by atoms with Crippen molar-refractivity contribution in [3.63, 3.8) is 0 Å². The van der Waals surface area contributed by atoms with Gasteiger partial charge in [0.25, 0.3) is 0 Å². The molecule has 0 atom stereocenters. The smallest absolute Gasteiger partial charge is 0.385 e. The van der Waals surface area contributed by atoms with E-state index in [1.54, 1.807) is 0 Å². The molecule has 1 saturated heterocycles. The Bertz CT molecular complexity index is 464. The van der Waals surface area contributed by atoms with Gasteiger partial charge in [-0.1, -0.05) is 6.07 Å². The fourth-order valence-corrected chi connectivity index (χ4v) is 2.31. The molecular weight excluding hydrogens is 262 g/mol. The normalized spacial score (nSPS) is 20.5. The van der Waals surface area contributed by atoms with Gasteiger partial charge in [0.2, 0.25) is 0 Å². The van der Waals surface area contributed by atoms with Crippen LogP contribution in [0, 0.1) is 5.82 Å². The summed E-state index contributed by atoms with van der Waals surface area (Å²) in [5.41, 5.74) is -2.49. The number of nitrogens with zero attached hydrogens (tertiary/aromatic N) is 1. The second-order valence-corrected chi connectivity index (χ2v) is 5.03. The van der Waals surface area contributed by atoms with Gasteiger partial charge in [0, 0.05) is 13.1 Å². The molecule has 19 heavy (non-hydrogen) atoms. The number of rotatable bonds is 1. The number of benzene rings is 1. The Kier molecular flexibility index (Phi) is 3.57. The van der Waals surface area contributed by atoms with Crippen molar-refractivity contribution in [3.05, 3.63) is 35.1 Å². The lowest BCUT2D eigenvalue weighted by Gasteiger charge is -2.37. The first-order valence-corrected chi connectivity index (χ1v) is 6.00. The van der Waals surface area contributed by atoms with Crippen LogP contribution in [0.1, 0.15) is 24.0 Å². The number of alkyl halides is 3. The first-order valence-electron chi connectivity index (χ1n) is 6.00. The highest BCUT2D eigenvalue weighted by atomic mass is 19.4. The first kappa shape index (κ1) is 14.3. The van der Waals surface area contributed by atoms with Crippen molar-refractivity contribution in [2.24, 2.45) is 0 Å². The fourth-order valence-electron chi connectivity index (χ4n) is 2.31. The molecular formula is C13H15F4NO. The molecule has 0 amide bonds. The largest absolute Gasteiger partial charge is 0.419 e. The van der Waals surface area contributed by atoms with Gasteiger partial charge in [-0.25, -0.2) is 4.39 Å².